The van der Waals surface area contributed by atoms with Gasteiger partial charge in [0, 0.05) is 65.1 Å². The van der Waals surface area contributed by atoms with Crippen LogP contribution in [0.3, 0.4) is 0 Å². The number of nitrogens with zero attached hydrogens (tertiary/aromatic N) is 5. The first-order valence-corrected chi connectivity index (χ1v) is 39.0. The van der Waals surface area contributed by atoms with E-state index < -0.39 is 126 Å². The molecule has 8 N–H and O–H groups in total. The van der Waals surface area contributed by atoms with E-state index in [1.807, 2.05) is 70.3 Å². The van der Waals surface area contributed by atoms with E-state index in [-0.39, 0.29) is 133 Å². The zero-order valence-corrected chi connectivity index (χ0v) is 67.2. The average molecular weight is 1570 g/mol. The Morgan fingerprint density at radius 1 is 0.658 bits per heavy atom. The molecule has 2 aliphatic rings. The number of amides is 12. The number of rotatable bonds is 49. The highest BCUT2D eigenvalue weighted by molar-refractivity contribution is 7.09. The van der Waals surface area contributed by atoms with Gasteiger partial charge in [0.05, 0.1) is 113 Å². The number of benzene rings is 3. The van der Waals surface area contributed by atoms with Crippen LogP contribution in [0.1, 0.15) is 150 Å². The first-order valence-electron chi connectivity index (χ1n) is 38.1. The topological polar surface area (TPSA) is 386 Å². The van der Waals surface area contributed by atoms with Crippen molar-refractivity contribution < 1.29 is 90.7 Å². The van der Waals surface area contributed by atoms with Crippen molar-refractivity contribution in [3.8, 4) is 0 Å². The predicted octanol–water partition coefficient (Wildman–Crippen LogP) is 6.59. The Morgan fingerprint density at radius 2 is 1.26 bits per heavy atom. The number of nitrogens with two attached hydrogens (primary N) is 1. The number of carbonyl (C=O) groups excluding carboxylic acids is 11. The van der Waals surface area contributed by atoms with E-state index in [2.05, 4.69) is 36.9 Å². The molecule has 31 nitrogen and oxygen atoms in total. The predicted molar refractivity (Wildman–Crippen MR) is 414 cm³/mol. The molecule has 32 heteroatoms. The normalized spacial score (nSPS) is 16.2. The summed E-state index contributed by atoms with van der Waals surface area (Å²) in [5, 5.41) is 20.4. The van der Waals surface area contributed by atoms with Crippen LogP contribution >= 0.6 is 11.3 Å². The third-order valence-corrected chi connectivity index (χ3v) is 20.6. The number of likely N-dealkylation sites (tertiary alicyclic amines) is 1. The molecule has 4 aromatic rings. The van der Waals surface area contributed by atoms with E-state index >= 15 is 0 Å². The van der Waals surface area contributed by atoms with E-state index in [4.69, 9.17) is 43.7 Å². The van der Waals surface area contributed by atoms with Gasteiger partial charge in [-0.1, -0.05) is 123 Å². The van der Waals surface area contributed by atoms with Crippen LogP contribution < -0.4 is 37.6 Å². The highest BCUT2D eigenvalue weighted by atomic mass is 32.1. The molecule has 111 heavy (non-hydrogen) atoms. The van der Waals surface area contributed by atoms with Gasteiger partial charge in [0.15, 0.2) is 0 Å². The number of anilines is 1. The summed E-state index contributed by atoms with van der Waals surface area (Å²) in [4.78, 5) is 164. The van der Waals surface area contributed by atoms with Crippen molar-refractivity contribution in [2.24, 2.45) is 35.3 Å². The smallest absolute Gasteiger partial charge is 0.410 e. The number of urea groups is 1. The summed E-state index contributed by atoms with van der Waals surface area (Å²) < 4.78 is 40.0. The number of hydrogen-bond acceptors (Lipinski definition) is 21. The summed E-state index contributed by atoms with van der Waals surface area (Å²) in [5.41, 5.74) is 7.76. The molecule has 12 amide bonds. The van der Waals surface area contributed by atoms with Crippen LogP contribution in [0.5, 0.6) is 0 Å². The molecule has 0 bridgehead atoms. The van der Waals surface area contributed by atoms with Crippen LogP contribution in [0.15, 0.2) is 90.4 Å². The summed E-state index contributed by atoms with van der Waals surface area (Å²) in [5.74, 6) is -6.26. The van der Waals surface area contributed by atoms with Crippen LogP contribution in [0.25, 0.3) is 0 Å². The van der Waals surface area contributed by atoms with Gasteiger partial charge in [0.1, 0.15) is 35.8 Å². The number of likely N-dealkylation sites (N-methyl/N-ethyl adjacent to an activating group) is 2. The minimum absolute atomic E-state index is 0.00619. The van der Waals surface area contributed by atoms with E-state index in [0.717, 1.165) is 15.6 Å². The van der Waals surface area contributed by atoms with E-state index in [9.17, 15) is 52.7 Å². The molecule has 0 aliphatic carbocycles. The molecule has 3 heterocycles. The zero-order valence-electron chi connectivity index (χ0n) is 66.4. The molecule has 2 aliphatic heterocycles. The van der Waals surface area contributed by atoms with Crippen molar-refractivity contribution in [1.29, 1.82) is 0 Å². The number of hydrogen-bond donors (Lipinski definition) is 7. The number of fused-ring (bicyclic) bond motifs is 1. The van der Waals surface area contributed by atoms with Gasteiger partial charge in [-0.3, -0.25) is 52.9 Å². The fourth-order valence-electron chi connectivity index (χ4n) is 13.5. The van der Waals surface area contributed by atoms with Crippen molar-refractivity contribution in [2.45, 2.75) is 175 Å². The van der Waals surface area contributed by atoms with Gasteiger partial charge in [-0.25, -0.2) is 14.6 Å². The van der Waals surface area contributed by atoms with Gasteiger partial charge in [-0.15, -0.1) is 16.4 Å². The van der Waals surface area contributed by atoms with Crippen LogP contribution in [0.2, 0.25) is 0 Å². The van der Waals surface area contributed by atoms with Gasteiger partial charge in [-0.2, -0.15) is 0 Å². The van der Waals surface area contributed by atoms with E-state index in [0.29, 0.717) is 43.5 Å². The Morgan fingerprint density at radius 3 is 1.82 bits per heavy atom. The van der Waals surface area contributed by atoms with Gasteiger partial charge in [0.2, 0.25) is 41.4 Å². The highest BCUT2D eigenvalue weighted by Crippen LogP contribution is 2.32. The molecule has 1 fully saturated rings. The number of carbonyl (C=O) groups is 11. The second-order valence-electron chi connectivity index (χ2n) is 28.7. The number of hydroxylamine groups is 2. The van der Waals surface area contributed by atoms with Crippen LogP contribution in [-0.4, -0.2) is 239 Å². The zero-order chi connectivity index (χ0) is 81.3. The first kappa shape index (κ1) is 90.9. The number of ether oxygens (including phenoxy) is 7. The van der Waals surface area contributed by atoms with E-state index in [1.54, 1.807) is 106 Å². The lowest BCUT2D eigenvalue weighted by Gasteiger charge is -2.41. The van der Waals surface area contributed by atoms with Crippen LogP contribution in [-0.2, 0) is 84.6 Å². The Hall–Kier alpha value is -9.02. The third kappa shape index (κ3) is 27.7. The average Bonchev–Trinajstić information content (AvgIpc) is 1.66. The van der Waals surface area contributed by atoms with Crippen molar-refractivity contribution in [1.82, 2.24) is 51.3 Å². The molecule has 1 saturated heterocycles. The van der Waals surface area contributed by atoms with Gasteiger partial charge < -0.3 is 80.6 Å². The Labute approximate surface area is 655 Å². The molecule has 1 aromatic heterocycles. The largest absolute Gasteiger partial charge is 0.445 e. The number of nitrogens with one attached hydrogen (secondary N) is 6. The van der Waals surface area contributed by atoms with Crippen molar-refractivity contribution in [3.05, 3.63) is 118 Å². The van der Waals surface area contributed by atoms with Gasteiger partial charge >= 0.3 is 12.1 Å². The second-order valence-corrected chi connectivity index (χ2v) is 29.7. The molecule has 0 radical (unpaired) electrons. The van der Waals surface area contributed by atoms with E-state index in [1.165, 1.54) is 30.4 Å². The molecule has 11 atom stereocenters. The third-order valence-electron chi connectivity index (χ3n) is 19.7. The fraction of sp³-hybridized carbons (Fsp3) is 0.595. The highest BCUT2D eigenvalue weighted by Gasteiger charge is 2.45. The second kappa shape index (κ2) is 46.7. The molecule has 1 unspecified atom stereocenters. The number of imide groups is 1. The Kier molecular flexibility index (Phi) is 38.2. The lowest BCUT2D eigenvalue weighted by Crippen LogP contribution is -2.60. The molecule has 0 saturated carbocycles. The number of aromatic nitrogens is 1. The fourth-order valence-corrected chi connectivity index (χ4v) is 14.2. The quantitative estimate of drug-likeness (QED) is 0.0181. The molecule has 612 valence electrons. The number of primary amides is 1. The standard InChI is InChI=1S/C79H116N12O19S/c1-14-52(8)68(62(103-12)47-64(93)90-35-21-27-61(90)69(104-13)53(9)70(94)85-60(74-81-34-45-111-74)46-54-22-16-15-17-23-54)88(10)77(100)66(50(4)5)87-73(97)67(51(6)7)89(11)79(102)109-48-55-28-30-56(31-29-55)83-71(95)59(26-20-33-82-78(80)101)84-72(96)65(49(2)3)86-63(92)32-36-105-37-38-106-39-40-107-41-42-108-43-44-110-91-75(98)57-24-18-19-25-58(57)76(91)99/h15-19,22-25,28-31,34,45,49-53,59-62,65-69H,14,20-21,26-27,32-33,35-44,46-48H2,1-13H3,(H,83,95)(H,84,96)(H,85,94)(H,86,92)(H,87,97)(H3,80,82,101)/t52-,53+,59-,60-,61-,62+,65-,66-,67-,68-,69?/m0/s1. The lowest BCUT2D eigenvalue weighted by molar-refractivity contribution is -0.148. The molecule has 3 aromatic carbocycles. The summed E-state index contributed by atoms with van der Waals surface area (Å²) >= 11 is 1.47. The van der Waals surface area contributed by atoms with Crippen molar-refractivity contribution in [3.63, 3.8) is 0 Å². The maximum atomic E-state index is 14.9. The van der Waals surface area contributed by atoms with Crippen molar-refractivity contribution in [2.75, 3.05) is 106 Å². The van der Waals surface area contributed by atoms with Crippen molar-refractivity contribution >= 4 is 82.3 Å². The molecule has 0 spiro atoms. The van der Waals surface area contributed by atoms with Gasteiger partial charge in [0.25, 0.3) is 11.8 Å². The SMILES string of the molecule is CC[C@H](C)[C@@H]([C@@H](CC(=O)N1CCC[C@H]1C(OC)[C@@H](C)C(=O)N[C@@H](Cc1ccccc1)c1nccs1)OC)N(C)C(=O)[C@@H](NC(=O)[C@H](C(C)C)N(C)C(=O)OCc1ccc(NC(=O)[C@H](CCCNC(N)=O)NC(=O)[C@@H](NC(=O)CCOCCOCCOCCOCCON2C(=O)c3ccccc3C2=O)C(C)C)cc1)C(C)C. The summed E-state index contributed by atoms with van der Waals surface area (Å²) in [6, 6.07) is 16.2. The summed E-state index contributed by atoms with van der Waals surface area (Å²) in [6.45, 7) is 18.4. The van der Waals surface area contributed by atoms with Gasteiger partial charge in [-0.05, 0) is 91.2 Å². The molecular weight excluding hydrogens is 1450 g/mol. The van der Waals surface area contributed by atoms with Crippen LogP contribution in [0.4, 0.5) is 15.3 Å². The summed E-state index contributed by atoms with van der Waals surface area (Å²) in [7, 11) is 6.15. The van der Waals surface area contributed by atoms with Crippen LogP contribution in [0, 0.1) is 29.6 Å². The first-order chi connectivity index (χ1) is 53.1. The lowest BCUT2D eigenvalue weighted by atomic mass is 9.89. The maximum Gasteiger partial charge on any atom is 0.410 e. The monoisotopic (exact) mass is 1570 g/mol. The molecular formula is C79H116N12O19S. The maximum absolute atomic E-state index is 14.9. The summed E-state index contributed by atoms with van der Waals surface area (Å²) in [6.07, 6.45) is 2.11. The number of thiazole rings is 1. The minimum Gasteiger partial charge on any atom is -0.445 e. The Bertz CT molecular complexity index is 3600. The molecule has 6 rings (SSSR count). The number of methoxy groups -OCH3 is 2. The Balaban J connectivity index is 0.948. The minimum atomic E-state index is -1.13.